The molecular formula is C13H29N3. The van der Waals surface area contributed by atoms with E-state index in [1.165, 1.54) is 52.0 Å². The zero-order valence-electron chi connectivity index (χ0n) is 11.1. The van der Waals surface area contributed by atoms with Gasteiger partial charge in [-0.2, -0.15) is 0 Å². The lowest BCUT2D eigenvalue weighted by atomic mass is 10.0. The summed E-state index contributed by atoms with van der Waals surface area (Å²) in [5.41, 5.74) is 0. The minimum absolute atomic E-state index is 0.866. The second kappa shape index (κ2) is 8.97. The molecule has 3 heteroatoms. The first-order valence-corrected chi connectivity index (χ1v) is 7.00. The summed E-state index contributed by atoms with van der Waals surface area (Å²) in [5, 5.41) is 7.03. The van der Waals surface area contributed by atoms with Gasteiger partial charge in [-0.05, 0) is 32.0 Å². The Bertz CT molecular complexity index is 149. The van der Waals surface area contributed by atoms with Crippen molar-refractivity contribution in [3.05, 3.63) is 0 Å². The third kappa shape index (κ3) is 5.83. The molecule has 1 rings (SSSR count). The van der Waals surface area contributed by atoms with Gasteiger partial charge in [0.15, 0.2) is 0 Å². The summed E-state index contributed by atoms with van der Waals surface area (Å²) in [6.45, 7) is 13.0. The van der Waals surface area contributed by atoms with E-state index in [4.69, 9.17) is 0 Å². The fourth-order valence-corrected chi connectivity index (χ4v) is 2.25. The molecule has 0 atom stereocenters. The number of nitrogens with one attached hydrogen (secondary N) is 2. The largest absolute Gasteiger partial charge is 0.315 e. The van der Waals surface area contributed by atoms with Gasteiger partial charge < -0.3 is 15.5 Å². The highest BCUT2D eigenvalue weighted by atomic mass is 15.2. The molecule has 0 radical (unpaired) electrons. The van der Waals surface area contributed by atoms with Crippen LogP contribution < -0.4 is 10.6 Å². The standard InChI is InChI=1S/C13H29N3/c1-3-13(4-2)12-15-8-11-16-9-5-6-14-7-10-16/h13-15H,3-12H2,1-2H3. The molecule has 1 heterocycles. The molecule has 0 unspecified atom stereocenters. The van der Waals surface area contributed by atoms with E-state index in [1.54, 1.807) is 0 Å². The zero-order valence-corrected chi connectivity index (χ0v) is 11.1. The molecule has 0 spiro atoms. The SMILES string of the molecule is CCC(CC)CNCCN1CCCNCC1. The zero-order chi connectivity index (χ0) is 11.6. The quantitative estimate of drug-likeness (QED) is 0.642. The van der Waals surface area contributed by atoms with Crippen LogP contribution in [0.15, 0.2) is 0 Å². The van der Waals surface area contributed by atoms with Crippen molar-refractivity contribution in [2.45, 2.75) is 33.1 Å². The topological polar surface area (TPSA) is 27.3 Å². The predicted molar refractivity (Wildman–Crippen MR) is 70.9 cm³/mol. The van der Waals surface area contributed by atoms with E-state index in [2.05, 4.69) is 29.4 Å². The predicted octanol–water partition coefficient (Wildman–Crippen LogP) is 1.31. The highest BCUT2D eigenvalue weighted by Gasteiger charge is 2.08. The Kier molecular flexibility index (Phi) is 7.81. The Morgan fingerprint density at radius 2 is 2.00 bits per heavy atom. The molecule has 1 aliphatic heterocycles. The molecule has 0 saturated carbocycles. The number of hydrogen-bond donors (Lipinski definition) is 2. The molecule has 16 heavy (non-hydrogen) atoms. The minimum Gasteiger partial charge on any atom is -0.315 e. The molecule has 1 saturated heterocycles. The van der Waals surface area contributed by atoms with Crippen molar-refractivity contribution < 1.29 is 0 Å². The number of rotatable bonds is 7. The van der Waals surface area contributed by atoms with Crippen molar-refractivity contribution in [2.24, 2.45) is 5.92 Å². The summed E-state index contributed by atoms with van der Waals surface area (Å²) in [5.74, 6) is 0.866. The molecule has 96 valence electrons. The highest BCUT2D eigenvalue weighted by Crippen LogP contribution is 2.04. The van der Waals surface area contributed by atoms with Gasteiger partial charge in [0.05, 0.1) is 0 Å². The van der Waals surface area contributed by atoms with E-state index in [9.17, 15) is 0 Å². The van der Waals surface area contributed by atoms with Crippen LogP contribution >= 0.6 is 0 Å². The first kappa shape index (κ1) is 13.9. The lowest BCUT2D eigenvalue weighted by Crippen LogP contribution is -2.36. The van der Waals surface area contributed by atoms with Gasteiger partial charge in [-0.1, -0.05) is 26.7 Å². The van der Waals surface area contributed by atoms with Gasteiger partial charge in [-0.15, -0.1) is 0 Å². The first-order valence-electron chi connectivity index (χ1n) is 7.00. The Morgan fingerprint density at radius 3 is 2.75 bits per heavy atom. The van der Waals surface area contributed by atoms with Crippen LogP contribution in [0.1, 0.15) is 33.1 Å². The average Bonchev–Trinajstić information content (AvgIpc) is 2.58. The molecule has 0 bridgehead atoms. The second-order valence-corrected chi connectivity index (χ2v) is 4.83. The third-order valence-corrected chi connectivity index (χ3v) is 3.63. The lowest BCUT2D eigenvalue weighted by molar-refractivity contribution is 0.287. The molecule has 0 aromatic carbocycles. The molecule has 0 aromatic rings. The van der Waals surface area contributed by atoms with Gasteiger partial charge >= 0.3 is 0 Å². The highest BCUT2D eigenvalue weighted by molar-refractivity contribution is 4.67. The molecule has 0 amide bonds. The fourth-order valence-electron chi connectivity index (χ4n) is 2.25. The van der Waals surface area contributed by atoms with Crippen molar-refractivity contribution in [1.82, 2.24) is 15.5 Å². The molecule has 0 aromatic heterocycles. The number of hydrogen-bond acceptors (Lipinski definition) is 3. The van der Waals surface area contributed by atoms with Crippen LogP contribution in [0.4, 0.5) is 0 Å². The molecule has 3 nitrogen and oxygen atoms in total. The summed E-state index contributed by atoms with van der Waals surface area (Å²) in [6.07, 6.45) is 3.90. The summed E-state index contributed by atoms with van der Waals surface area (Å²) in [4.78, 5) is 2.57. The van der Waals surface area contributed by atoms with Crippen LogP contribution in [0.5, 0.6) is 0 Å². The average molecular weight is 227 g/mol. The van der Waals surface area contributed by atoms with E-state index in [0.29, 0.717) is 0 Å². The molecule has 0 aliphatic carbocycles. The van der Waals surface area contributed by atoms with Crippen LogP contribution in [0.3, 0.4) is 0 Å². The van der Waals surface area contributed by atoms with Crippen LogP contribution in [-0.4, -0.2) is 50.7 Å². The van der Waals surface area contributed by atoms with Crippen molar-refractivity contribution in [3.8, 4) is 0 Å². The van der Waals surface area contributed by atoms with Crippen molar-refractivity contribution in [1.29, 1.82) is 0 Å². The Morgan fingerprint density at radius 1 is 1.19 bits per heavy atom. The minimum atomic E-state index is 0.866. The Labute approximate surface area is 101 Å². The van der Waals surface area contributed by atoms with Crippen LogP contribution in [0.25, 0.3) is 0 Å². The van der Waals surface area contributed by atoms with Gasteiger partial charge in [-0.3, -0.25) is 0 Å². The maximum atomic E-state index is 3.59. The van der Waals surface area contributed by atoms with E-state index >= 15 is 0 Å². The second-order valence-electron chi connectivity index (χ2n) is 4.83. The molecule has 1 aliphatic rings. The van der Waals surface area contributed by atoms with Crippen LogP contribution in [-0.2, 0) is 0 Å². The fraction of sp³-hybridized carbons (Fsp3) is 1.00. The summed E-state index contributed by atoms with van der Waals surface area (Å²) in [7, 11) is 0. The van der Waals surface area contributed by atoms with Crippen molar-refractivity contribution in [2.75, 3.05) is 45.8 Å². The van der Waals surface area contributed by atoms with Crippen LogP contribution in [0.2, 0.25) is 0 Å². The van der Waals surface area contributed by atoms with Crippen LogP contribution in [0, 0.1) is 5.92 Å². The Hall–Kier alpha value is -0.120. The molecule has 2 N–H and O–H groups in total. The van der Waals surface area contributed by atoms with Gasteiger partial charge in [-0.25, -0.2) is 0 Å². The van der Waals surface area contributed by atoms with Gasteiger partial charge in [0.2, 0.25) is 0 Å². The van der Waals surface area contributed by atoms with Crippen molar-refractivity contribution >= 4 is 0 Å². The molecule has 1 fully saturated rings. The van der Waals surface area contributed by atoms with Gasteiger partial charge in [0.1, 0.15) is 0 Å². The summed E-state index contributed by atoms with van der Waals surface area (Å²) in [6, 6.07) is 0. The maximum absolute atomic E-state index is 3.59. The van der Waals surface area contributed by atoms with E-state index in [0.717, 1.165) is 19.0 Å². The van der Waals surface area contributed by atoms with Crippen molar-refractivity contribution in [3.63, 3.8) is 0 Å². The smallest absolute Gasteiger partial charge is 0.0107 e. The number of nitrogens with zero attached hydrogens (tertiary/aromatic N) is 1. The van der Waals surface area contributed by atoms with Gasteiger partial charge in [0, 0.05) is 26.2 Å². The third-order valence-electron chi connectivity index (χ3n) is 3.63. The summed E-state index contributed by atoms with van der Waals surface area (Å²) < 4.78 is 0. The normalized spacial score (nSPS) is 18.9. The Balaban J connectivity index is 2.00. The first-order chi connectivity index (χ1) is 7.86. The van der Waals surface area contributed by atoms with E-state index < -0.39 is 0 Å². The molecular weight excluding hydrogens is 198 g/mol. The van der Waals surface area contributed by atoms with Gasteiger partial charge in [0.25, 0.3) is 0 Å². The van der Waals surface area contributed by atoms with E-state index in [1.807, 2.05) is 0 Å². The summed E-state index contributed by atoms with van der Waals surface area (Å²) >= 11 is 0. The lowest BCUT2D eigenvalue weighted by Gasteiger charge is -2.20. The maximum Gasteiger partial charge on any atom is 0.0107 e. The monoisotopic (exact) mass is 227 g/mol. The van der Waals surface area contributed by atoms with E-state index in [-0.39, 0.29) is 0 Å².